The molecule has 0 fully saturated rings. The monoisotopic (exact) mass is 237 g/mol. The van der Waals surface area contributed by atoms with Gasteiger partial charge < -0.3 is 10.1 Å². The van der Waals surface area contributed by atoms with Gasteiger partial charge in [0.25, 0.3) is 0 Å². The van der Waals surface area contributed by atoms with Gasteiger partial charge in [-0.1, -0.05) is 13.3 Å². The Labute approximate surface area is 104 Å². The highest BCUT2D eigenvalue weighted by molar-refractivity contribution is 5.32. The summed E-state index contributed by atoms with van der Waals surface area (Å²) in [4.78, 5) is 8.67. The molecule has 0 amide bonds. The van der Waals surface area contributed by atoms with E-state index in [1.54, 1.807) is 6.20 Å². The van der Waals surface area contributed by atoms with E-state index < -0.39 is 0 Å². The summed E-state index contributed by atoms with van der Waals surface area (Å²) in [7, 11) is 0. The van der Waals surface area contributed by atoms with E-state index in [2.05, 4.69) is 22.2 Å². The first-order valence-corrected chi connectivity index (χ1v) is 6.36. The summed E-state index contributed by atoms with van der Waals surface area (Å²) in [5.41, 5.74) is 1.97. The fourth-order valence-corrected chi connectivity index (χ4v) is 1.37. The van der Waals surface area contributed by atoms with Gasteiger partial charge in [0.2, 0.25) is 0 Å². The van der Waals surface area contributed by atoms with Gasteiger partial charge in [-0.15, -0.1) is 0 Å². The van der Waals surface area contributed by atoms with E-state index in [1.165, 1.54) is 6.42 Å². The van der Waals surface area contributed by atoms with Crippen LogP contribution < -0.4 is 5.32 Å². The topological polar surface area (TPSA) is 47.0 Å². The fraction of sp³-hybridized carbons (Fsp3) is 0.692. The van der Waals surface area contributed by atoms with Gasteiger partial charge in [0, 0.05) is 19.8 Å². The number of unbranched alkanes of at least 4 members (excludes halogenated alkanes) is 1. The number of hydrogen-bond acceptors (Lipinski definition) is 4. The van der Waals surface area contributed by atoms with Gasteiger partial charge >= 0.3 is 0 Å². The molecule has 1 rings (SSSR count). The number of ether oxygens (including phenoxy) is 1. The lowest BCUT2D eigenvalue weighted by molar-refractivity contribution is 0.131. The minimum Gasteiger partial charge on any atom is -0.381 e. The van der Waals surface area contributed by atoms with Crippen LogP contribution in [0.4, 0.5) is 5.82 Å². The molecule has 1 N–H and O–H groups in total. The van der Waals surface area contributed by atoms with E-state index in [0.29, 0.717) is 0 Å². The summed E-state index contributed by atoms with van der Waals surface area (Å²) < 4.78 is 5.48. The van der Waals surface area contributed by atoms with E-state index in [4.69, 9.17) is 4.74 Å². The zero-order chi connectivity index (χ0) is 12.5. The van der Waals surface area contributed by atoms with Gasteiger partial charge in [0.15, 0.2) is 0 Å². The molecule has 4 heteroatoms. The van der Waals surface area contributed by atoms with Crippen LogP contribution in [0.3, 0.4) is 0 Å². The van der Waals surface area contributed by atoms with Crippen LogP contribution in [0.5, 0.6) is 0 Å². The van der Waals surface area contributed by atoms with Gasteiger partial charge in [0.1, 0.15) is 5.82 Å². The predicted octanol–water partition coefficient (Wildman–Crippen LogP) is 2.71. The second kappa shape index (κ2) is 8.01. The maximum absolute atomic E-state index is 5.48. The van der Waals surface area contributed by atoms with Crippen molar-refractivity contribution in [1.82, 2.24) is 9.97 Å². The zero-order valence-electron chi connectivity index (χ0n) is 11.1. The number of hydrogen-bond donors (Lipinski definition) is 1. The lowest BCUT2D eigenvalue weighted by Gasteiger charge is -2.07. The van der Waals surface area contributed by atoms with E-state index in [0.717, 1.165) is 49.8 Å². The van der Waals surface area contributed by atoms with Gasteiger partial charge in [-0.2, -0.15) is 0 Å². The lowest BCUT2D eigenvalue weighted by Crippen LogP contribution is -2.08. The third kappa shape index (κ3) is 5.63. The van der Waals surface area contributed by atoms with Crippen molar-refractivity contribution < 1.29 is 4.74 Å². The molecule has 0 aliphatic heterocycles. The second-order valence-electron chi connectivity index (χ2n) is 4.17. The van der Waals surface area contributed by atoms with E-state index in [1.807, 2.05) is 13.8 Å². The molecule has 0 unspecified atom stereocenters. The van der Waals surface area contributed by atoms with Gasteiger partial charge in [-0.25, -0.2) is 4.98 Å². The molecule has 0 radical (unpaired) electrons. The van der Waals surface area contributed by atoms with Crippen LogP contribution in [-0.2, 0) is 4.74 Å². The Hall–Kier alpha value is -1.16. The maximum Gasteiger partial charge on any atom is 0.144 e. The fourth-order valence-electron chi connectivity index (χ4n) is 1.37. The van der Waals surface area contributed by atoms with Gasteiger partial charge in [0.05, 0.1) is 17.6 Å². The summed E-state index contributed by atoms with van der Waals surface area (Å²) >= 11 is 0. The van der Waals surface area contributed by atoms with Crippen molar-refractivity contribution in [1.29, 1.82) is 0 Å². The summed E-state index contributed by atoms with van der Waals surface area (Å²) in [6, 6.07) is 0. The molecule has 1 aromatic heterocycles. The minimum atomic E-state index is 0.811. The highest BCUT2D eigenvalue weighted by atomic mass is 16.5. The van der Waals surface area contributed by atoms with Crippen molar-refractivity contribution in [2.45, 2.75) is 40.0 Å². The third-order valence-corrected chi connectivity index (χ3v) is 2.61. The largest absolute Gasteiger partial charge is 0.381 e. The third-order valence-electron chi connectivity index (χ3n) is 2.61. The van der Waals surface area contributed by atoms with Crippen molar-refractivity contribution in [3.8, 4) is 0 Å². The molecular formula is C13H23N3O. The van der Waals surface area contributed by atoms with Crippen molar-refractivity contribution in [2.75, 3.05) is 25.1 Å². The molecule has 0 saturated carbocycles. The summed E-state index contributed by atoms with van der Waals surface area (Å²) in [5.74, 6) is 0.849. The average molecular weight is 237 g/mol. The smallest absolute Gasteiger partial charge is 0.144 e. The minimum absolute atomic E-state index is 0.811. The normalized spacial score (nSPS) is 10.5. The molecule has 4 nitrogen and oxygen atoms in total. The average Bonchev–Trinajstić information content (AvgIpc) is 2.32. The summed E-state index contributed by atoms with van der Waals surface area (Å²) in [5, 5.41) is 3.25. The van der Waals surface area contributed by atoms with Crippen molar-refractivity contribution in [3.05, 3.63) is 17.6 Å². The van der Waals surface area contributed by atoms with Crippen LogP contribution in [0.15, 0.2) is 6.20 Å². The summed E-state index contributed by atoms with van der Waals surface area (Å²) in [6.45, 7) is 8.67. The van der Waals surface area contributed by atoms with Crippen LogP contribution in [0.2, 0.25) is 0 Å². The Morgan fingerprint density at radius 3 is 2.65 bits per heavy atom. The first-order valence-electron chi connectivity index (χ1n) is 6.36. The van der Waals surface area contributed by atoms with Gasteiger partial charge in [-0.3, -0.25) is 4.98 Å². The number of rotatable bonds is 8. The molecule has 1 aromatic rings. The summed E-state index contributed by atoms with van der Waals surface area (Å²) in [6.07, 6.45) is 5.12. The molecular weight excluding hydrogens is 214 g/mol. The molecule has 17 heavy (non-hydrogen) atoms. The Balaban J connectivity index is 2.11. The lowest BCUT2D eigenvalue weighted by atomic mass is 10.3. The molecule has 96 valence electrons. The molecule has 0 atom stereocenters. The molecule has 0 aliphatic rings. The number of anilines is 1. The molecule has 0 aromatic carbocycles. The quantitative estimate of drug-likeness (QED) is 0.706. The molecule has 0 saturated heterocycles. The van der Waals surface area contributed by atoms with Crippen LogP contribution in [0.25, 0.3) is 0 Å². The highest BCUT2D eigenvalue weighted by Gasteiger charge is 1.98. The predicted molar refractivity (Wildman–Crippen MR) is 70.3 cm³/mol. The Bertz CT molecular complexity index is 328. The van der Waals surface area contributed by atoms with Crippen molar-refractivity contribution in [2.24, 2.45) is 0 Å². The van der Waals surface area contributed by atoms with Crippen molar-refractivity contribution in [3.63, 3.8) is 0 Å². The Kier molecular flexibility index (Phi) is 6.55. The number of aryl methyl sites for hydroxylation is 2. The molecule has 0 aliphatic carbocycles. The standard InChI is InChI=1S/C13H23N3O/c1-4-5-8-17-9-6-7-14-13-10-15-11(2)12(3)16-13/h10H,4-9H2,1-3H3,(H,14,16). The molecule has 0 bridgehead atoms. The maximum atomic E-state index is 5.48. The first kappa shape index (κ1) is 13.9. The number of nitrogens with zero attached hydrogens (tertiary/aromatic N) is 2. The van der Waals surface area contributed by atoms with Crippen LogP contribution in [0, 0.1) is 13.8 Å². The Morgan fingerprint density at radius 2 is 1.94 bits per heavy atom. The number of aromatic nitrogens is 2. The van der Waals surface area contributed by atoms with E-state index in [-0.39, 0.29) is 0 Å². The zero-order valence-corrected chi connectivity index (χ0v) is 11.1. The number of nitrogens with one attached hydrogen (secondary N) is 1. The molecule has 0 spiro atoms. The SMILES string of the molecule is CCCCOCCCNc1cnc(C)c(C)n1. The van der Waals surface area contributed by atoms with Crippen LogP contribution >= 0.6 is 0 Å². The highest BCUT2D eigenvalue weighted by Crippen LogP contribution is 2.05. The van der Waals surface area contributed by atoms with Crippen LogP contribution in [0.1, 0.15) is 37.6 Å². The van der Waals surface area contributed by atoms with E-state index in [9.17, 15) is 0 Å². The first-order chi connectivity index (χ1) is 8.24. The van der Waals surface area contributed by atoms with Crippen molar-refractivity contribution >= 4 is 5.82 Å². The van der Waals surface area contributed by atoms with Crippen LogP contribution in [-0.4, -0.2) is 29.7 Å². The van der Waals surface area contributed by atoms with Gasteiger partial charge in [-0.05, 0) is 26.7 Å². The second-order valence-corrected chi connectivity index (χ2v) is 4.17. The Morgan fingerprint density at radius 1 is 1.18 bits per heavy atom. The molecule has 1 heterocycles. The van der Waals surface area contributed by atoms with E-state index >= 15 is 0 Å².